The number of rotatable bonds is 7. The Bertz CT molecular complexity index is 549. The fourth-order valence-corrected chi connectivity index (χ4v) is 2.97. The molecule has 4 nitrogen and oxygen atoms in total. The summed E-state index contributed by atoms with van der Waals surface area (Å²) >= 11 is 0. The molecule has 0 aliphatic heterocycles. The summed E-state index contributed by atoms with van der Waals surface area (Å²) in [5.41, 5.74) is 5.18. The summed E-state index contributed by atoms with van der Waals surface area (Å²) in [4.78, 5) is 12.4. The molecule has 1 aliphatic rings. The number of nitrogens with two attached hydrogens (primary N) is 1. The minimum Gasteiger partial charge on any atom is -0.461 e. The minimum absolute atomic E-state index is 0.000347. The third-order valence-corrected chi connectivity index (χ3v) is 4.27. The van der Waals surface area contributed by atoms with Crippen LogP contribution in [0.25, 0.3) is 0 Å². The van der Waals surface area contributed by atoms with Gasteiger partial charge in [-0.1, -0.05) is 13.8 Å². The molecule has 1 unspecified atom stereocenters. The summed E-state index contributed by atoms with van der Waals surface area (Å²) < 4.78 is 32.6. The van der Waals surface area contributed by atoms with Crippen molar-refractivity contribution in [3.05, 3.63) is 29.3 Å². The lowest BCUT2D eigenvalue weighted by Crippen LogP contribution is -2.40. The van der Waals surface area contributed by atoms with E-state index in [0.717, 1.165) is 25.7 Å². The molecule has 24 heavy (non-hydrogen) atoms. The average molecular weight is 340 g/mol. The molecular weight excluding hydrogens is 314 g/mol. The summed E-state index contributed by atoms with van der Waals surface area (Å²) in [5.74, 6) is -1.58. The second kappa shape index (κ2) is 8.42. The van der Waals surface area contributed by atoms with Crippen LogP contribution in [0.2, 0.25) is 0 Å². The zero-order chi connectivity index (χ0) is 17.7. The monoisotopic (exact) mass is 340 g/mol. The van der Waals surface area contributed by atoms with Crippen molar-refractivity contribution >= 4 is 11.7 Å². The Labute approximate surface area is 141 Å². The molecule has 0 bridgehead atoms. The SMILES string of the molecule is CC(C)CC(NCc1cc(F)c(N)c(F)c1)C(=O)OC1CCCC1. The van der Waals surface area contributed by atoms with Crippen LogP contribution in [0.3, 0.4) is 0 Å². The van der Waals surface area contributed by atoms with Crippen LogP contribution in [-0.4, -0.2) is 18.1 Å². The van der Waals surface area contributed by atoms with Crippen molar-refractivity contribution in [2.45, 2.75) is 64.6 Å². The Morgan fingerprint density at radius 1 is 1.29 bits per heavy atom. The molecule has 2 rings (SSSR count). The van der Waals surface area contributed by atoms with E-state index >= 15 is 0 Å². The highest BCUT2D eigenvalue weighted by Crippen LogP contribution is 2.22. The van der Waals surface area contributed by atoms with E-state index in [1.165, 1.54) is 12.1 Å². The number of hydrogen-bond acceptors (Lipinski definition) is 4. The lowest BCUT2D eigenvalue weighted by atomic mass is 10.0. The third-order valence-electron chi connectivity index (χ3n) is 4.27. The molecule has 0 radical (unpaired) electrons. The van der Waals surface area contributed by atoms with Crippen LogP contribution >= 0.6 is 0 Å². The highest BCUT2D eigenvalue weighted by atomic mass is 19.1. The molecule has 0 spiro atoms. The zero-order valence-corrected chi connectivity index (χ0v) is 14.3. The van der Waals surface area contributed by atoms with Gasteiger partial charge in [0, 0.05) is 6.54 Å². The van der Waals surface area contributed by atoms with Crippen LogP contribution in [0.15, 0.2) is 12.1 Å². The van der Waals surface area contributed by atoms with Gasteiger partial charge in [-0.25, -0.2) is 8.78 Å². The molecule has 1 atom stereocenters. The predicted molar refractivity (Wildman–Crippen MR) is 89.2 cm³/mol. The maximum Gasteiger partial charge on any atom is 0.323 e. The molecule has 0 aromatic heterocycles. The van der Waals surface area contributed by atoms with Crippen molar-refractivity contribution < 1.29 is 18.3 Å². The van der Waals surface area contributed by atoms with Gasteiger partial charge < -0.3 is 15.8 Å². The van der Waals surface area contributed by atoms with Gasteiger partial charge in [0.2, 0.25) is 0 Å². The summed E-state index contributed by atoms with van der Waals surface area (Å²) in [6, 6.07) is 1.87. The van der Waals surface area contributed by atoms with Crippen LogP contribution in [0.4, 0.5) is 14.5 Å². The number of nitrogens with one attached hydrogen (secondary N) is 1. The van der Waals surface area contributed by atoms with Crippen LogP contribution in [0.1, 0.15) is 51.5 Å². The fraction of sp³-hybridized carbons (Fsp3) is 0.611. The van der Waals surface area contributed by atoms with Gasteiger partial charge in [-0.15, -0.1) is 0 Å². The Morgan fingerprint density at radius 2 is 1.88 bits per heavy atom. The summed E-state index contributed by atoms with van der Waals surface area (Å²) in [5, 5.41) is 3.07. The van der Waals surface area contributed by atoms with E-state index in [1.54, 1.807) is 0 Å². The topological polar surface area (TPSA) is 64.3 Å². The van der Waals surface area contributed by atoms with E-state index in [2.05, 4.69) is 5.32 Å². The summed E-state index contributed by atoms with van der Waals surface area (Å²) in [6.07, 6.45) is 4.60. The van der Waals surface area contributed by atoms with E-state index in [4.69, 9.17) is 10.5 Å². The number of carbonyl (C=O) groups is 1. The van der Waals surface area contributed by atoms with E-state index in [1.807, 2.05) is 13.8 Å². The molecule has 6 heteroatoms. The van der Waals surface area contributed by atoms with Gasteiger partial charge in [0.1, 0.15) is 29.5 Å². The lowest BCUT2D eigenvalue weighted by Gasteiger charge is -2.22. The number of hydrogen-bond donors (Lipinski definition) is 2. The standard InChI is InChI=1S/C18H26F2N2O2/c1-11(2)7-16(18(23)24-13-5-3-4-6-13)22-10-12-8-14(19)17(21)15(20)9-12/h8-9,11,13,16,22H,3-7,10,21H2,1-2H3. The molecule has 0 saturated heterocycles. The fourth-order valence-electron chi connectivity index (χ4n) is 2.97. The first-order chi connectivity index (χ1) is 11.4. The normalized spacial score (nSPS) is 16.5. The molecule has 1 aliphatic carbocycles. The Kier molecular flexibility index (Phi) is 6.54. The van der Waals surface area contributed by atoms with Crippen LogP contribution in [0.5, 0.6) is 0 Å². The van der Waals surface area contributed by atoms with Gasteiger partial charge in [-0.2, -0.15) is 0 Å². The highest BCUT2D eigenvalue weighted by molar-refractivity contribution is 5.76. The second-order valence-electron chi connectivity index (χ2n) is 6.88. The molecule has 134 valence electrons. The zero-order valence-electron chi connectivity index (χ0n) is 14.3. The number of benzene rings is 1. The van der Waals surface area contributed by atoms with E-state index < -0.39 is 23.4 Å². The number of nitrogen functional groups attached to an aromatic ring is 1. The maximum absolute atomic E-state index is 13.5. The highest BCUT2D eigenvalue weighted by Gasteiger charge is 2.26. The number of anilines is 1. The number of ether oxygens (including phenoxy) is 1. The molecule has 3 N–H and O–H groups in total. The number of halogens is 2. The van der Waals surface area contributed by atoms with Crippen molar-refractivity contribution in [2.24, 2.45) is 5.92 Å². The quantitative estimate of drug-likeness (QED) is 0.589. The first-order valence-electron chi connectivity index (χ1n) is 8.54. The maximum atomic E-state index is 13.5. The molecule has 1 aromatic rings. The summed E-state index contributed by atoms with van der Waals surface area (Å²) in [7, 11) is 0. The predicted octanol–water partition coefficient (Wildman–Crippen LogP) is 3.54. The van der Waals surface area contributed by atoms with Gasteiger partial charge in [-0.3, -0.25) is 4.79 Å². The molecule has 0 heterocycles. The Morgan fingerprint density at radius 3 is 2.42 bits per heavy atom. The Balaban J connectivity index is 1.98. The molecule has 1 saturated carbocycles. The third kappa shape index (κ3) is 5.16. The smallest absolute Gasteiger partial charge is 0.323 e. The van der Waals surface area contributed by atoms with Crippen LogP contribution < -0.4 is 11.1 Å². The molecular formula is C18H26F2N2O2. The molecule has 1 fully saturated rings. The van der Waals surface area contributed by atoms with Crippen LogP contribution in [0, 0.1) is 17.6 Å². The number of carbonyl (C=O) groups excluding carboxylic acids is 1. The van der Waals surface area contributed by atoms with E-state index in [0.29, 0.717) is 17.9 Å². The molecule has 1 aromatic carbocycles. The minimum atomic E-state index is -0.791. The van der Waals surface area contributed by atoms with Gasteiger partial charge >= 0.3 is 5.97 Å². The average Bonchev–Trinajstić information content (AvgIpc) is 3.01. The first-order valence-corrected chi connectivity index (χ1v) is 8.54. The van der Waals surface area contributed by atoms with Crippen LogP contribution in [-0.2, 0) is 16.1 Å². The summed E-state index contributed by atoms with van der Waals surface area (Å²) in [6.45, 7) is 4.20. The molecule has 0 amide bonds. The van der Waals surface area contributed by atoms with Crippen molar-refractivity contribution in [2.75, 3.05) is 5.73 Å². The van der Waals surface area contributed by atoms with Gasteiger partial charge in [0.25, 0.3) is 0 Å². The van der Waals surface area contributed by atoms with Gasteiger partial charge in [-0.05, 0) is 55.7 Å². The number of esters is 1. The van der Waals surface area contributed by atoms with Gasteiger partial charge in [0.05, 0.1) is 0 Å². The first kappa shape index (κ1) is 18.6. The van der Waals surface area contributed by atoms with Gasteiger partial charge in [0.15, 0.2) is 0 Å². The lowest BCUT2D eigenvalue weighted by molar-refractivity contribution is -0.151. The van der Waals surface area contributed by atoms with Crippen molar-refractivity contribution in [1.29, 1.82) is 0 Å². The van der Waals surface area contributed by atoms with Crippen molar-refractivity contribution in [3.8, 4) is 0 Å². The van der Waals surface area contributed by atoms with Crippen molar-refractivity contribution in [3.63, 3.8) is 0 Å². The van der Waals surface area contributed by atoms with Crippen molar-refractivity contribution in [1.82, 2.24) is 5.32 Å². The van der Waals surface area contributed by atoms with E-state index in [9.17, 15) is 13.6 Å². The Hall–Kier alpha value is -1.69. The van der Waals surface area contributed by atoms with E-state index in [-0.39, 0.29) is 18.6 Å². The second-order valence-corrected chi connectivity index (χ2v) is 6.88. The largest absolute Gasteiger partial charge is 0.461 e.